The Kier molecular flexibility index (Phi) is 4.96. The summed E-state index contributed by atoms with van der Waals surface area (Å²) in [6.07, 6.45) is 8.01. The van der Waals surface area contributed by atoms with Crippen LogP contribution >= 0.6 is 0 Å². The second-order valence-electron chi connectivity index (χ2n) is 4.91. The molecule has 0 aliphatic heterocycles. The zero-order valence-electron chi connectivity index (χ0n) is 12.0. The van der Waals surface area contributed by atoms with Gasteiger partial charge in [-0.25, -0.2) is 4.39 Å². The summed E-state index contributed by atoms with van der Waals surface area (Å²) in [5.41, 5.74) is 4.24. The van der Waals surface area contributed by atoms with Crippen molar-refractivity contribution in [3.05, 3.63) is 65.0 Å². The summed E-state index contributed by atoms with van der Waals surface area (Å²) in [4.78, 5) is 0. The molecule has 0 bridgehead atoms. The van der Waals surface area contributed by atoms with Crippen molar-refractivity contribution < 1.29 is 4.39 Å². The van der Waals surface area contributed by atoms with E-state index in [-0.39, 0.29) is 5.83 Å². The standard InChI is InChI=1S/C19H19F/c1-3-5-15(2)18-12-10-16(11-13-18)8-9-17-6-4-7-19(20)14-17/h5-6,10-14H,3-4,7H2,1-2H3/b15-5-. The number of allylic oxidation sites excluding steroid dienone is 6. The van der Waals surface area contributed by atoms with Crippen molar-refractivity contribution >= 4 is 5.57 Å². The van der Waals surface area contributed by atoms with E-state index in [0.717, 1.165) is 24.0 Å². The molecule has 1 aliphatic carbocycles. The Morgan fingerprint density at radius 3 is 2.65 bits per heavy atom. The quantitative estimate of drug-likeness (QED) is 0.626. The lowest BCUT2D eigenvalue weighted by atomic mass is 10.0. The number of halogens is 1. The second kappa shape index (κ2) is 6.91. The van der Waals surface area contributed by atoms with Gasteiger partial charge in [-0.05, 0) is 49.1 Å². The lowest BCUT2D eigenvalue weighted by molar-refractivity contribution is 0.586. The normalized spacial score (nSPS) is 15.1. The Morgan fingerprint density at radius 2 is 2.00 bits per heavy atom. The van der Waals surface area contributed by atoms with Crippen LogP contribution in [0, 0.1) is 11.8 Å². The number of rotatable bonds is 2. The highest BCUT2D eigenvalue weighted by Crippen LogP contribution is 2.18. The molecule has 0 aromatic heterocycles. The van der Waals surface area contributed by atoms with Crippen LogP contribution in [-0.2, 0) is 0 Å². The minimum atomic E-state index is -0.0764. The van der Waals surface area contributed by atoms with Gasteiger partial charge in [0.15, 0.2) is 0 Å². The lowest BCUT2D eigenvalue weighted by Crippen LogP contribution is -1.86. The first-order valence-electron chi connectivity index (χ1n) is 7.04. The van der Waals surface area contributed by atoms with E-state index in [9.17, 15) is 4.39 Å². The molecule has 1 aromatic rings. The molecule has 0 saturated heterocycles. The predicted molar refractivity (Wildman–Crippen MR) is 83.8 cm³/mol. The van der Waals surface area contributed by atoms with E-state index in [1.165, 1.54) is 17.2 Å². The smallest absolute Gasteiger partial charge is 0.101 e. The van der Waals surface area contributed by atoms with Gasteiger partial charge in [-0.1, -0.05) is 43.0 Å². The Morgan fingerprint density at radius 1 is 1.25 bits per heavy atom. The molecule has 0 nitrogen and oxygen atoms in total. The van der Waals surface area contributed by atoms with Gasteiger partial charge in [-0.3, -0.25) is 0 Å². The van der Waals surface area contributed by atoms with E-state index in [1.54, 1.807) is 0 Å². The number of benzene rings is 1. The summed E-state index contributed by atoms with van der Waals surface area (Å²) in [5, 5.41) is 0. The van der Waals surface area contributed by atoms with E-state index in [2.05, 4.69) is 43.9 Å². The van der Waals surface area contributed by atoms with Crippen LogP contribution in [0.2, 0.25) is 0 Å². The van der Waals surface area contributed by atoms with Crippen molar-refractivity contribution in [2.45, 2.75) is 33.1 Å². The van der Waals surface area contributed by atoms with Gasteiger partial charge in [-0.15, -0.1) is 0 Å². The molecule has 0 heterocycles. The van der Waals surface area contributed by atoms with Gasteiger partial charge in [0, 0.05) is 17.6 Å². The molecule has 1 aliphatic rings. The molecule has 0 atom stereocenters. The molecule has 20 heavy (non-hydrogen) atoms. The highest BCUT2D eigenvalue weighted by Gasteiger charge is 2.01. The van der Waals surface area contributed by atoms with Crippen molar-refractivity contribution in [2.24, 2.45) is 0 Å². The summed E-state index contributed by atoms with van der Waals surface area (Å²) in [6.45, 7) is 4.25. The zero-order valence-corrected chi connectivity index (χ0v) is 12.0. The molecule has 0 unspecified atom stereocenters. The van der Waals surface area contributed by atoms with Gasteiger partial charge in [0.1, 0.15) is 5.83 Å². The van der Waals surface area contributed by atoms with Crippen LogP contribution in [0.25, 0.3) is 5.57 Å². The maximum atomic E-state index is 13.1. The van der Waals surface area contributed by atoms with Crippen LogP contribution in [0.1, 0.15) is 44.2 Å². The summed E-state index contributed by atoms with van der Waals surface area (Å²) in [7, 11) is 0. The summed E-state index contributed by atoms with van der Waals surface area (Å²) in [5.74, 6) is 6.03. The third-order valence-electron chi connectivity index (χ3n) is 3.26. The molecular formula is C19H19F. The lowest BCUT2D eigenvalue weighted by Gasteiger charge is -2.02. The number of hydrogen-bond donors (Lipinski definition) is 0. The molecule has 1 heteroatoms. The molecule has 0 amide bonds. The Labute approximate surface area is 120 Å². The van der Waals surface area contributed by atoms with Gasteiger partial charge in [-0.2, -0.15) is 0 Å². The minimum Gasteiger partial charge on any atom is -0.212 e. The fraction of sp³-hybridized carbons (Fsp3) is 0.263. The molecule has 2 rings (SSSR count). The molecule has 102 valence electrons. The van der Waals surface area contributed by atoms with Gasteiger partial charge in [0.25, 0.3) is 0 Å². The maximum Gasteiger partial charge on any atom is 0.101 e. The van der Waals surface area contributed by atoms with E-state index in [0.29, 0.717) is 6.42 Å². The van der Waals surface area contributed by atoms with Crippen LogP contribution in [-0.4, -0.2) is 0 Å². The molecule has 0 N–H and O–H groups in total. The van der Waals surface area contributed by atoms with E-state index in [1.807, 2.05) is 18.2 Å². The predicted octanol–water partition coefficient (Wildman–Crippen LogP) is 5.43. The van der Waals surface area contributed by atoms with Crippen molar-refractivity contribution in [3.8, 4) is 11.8 Å². The third-order valence-corrected chi connectivity index (χ3v) is 3.26. The number of hydrogen-bond acceptors (Lipinski definition) is 0. The summed E-state index contributed by atoms with van der Waals surface area (Å²) in [6, 6.07) is 8.19. The largest absolute Gasteiger partial charge is 0.212 e. The van der Waals surface area contributed by atoms with Crippen LogP contribution in [0.15, 0.2) is 53.9 Å². The van der Waals surface area contributed by atoms with E-state index in [4.69, 9.17) is 0 Å². The molecule has 0 radical (unpaired) electrons. The SMILES string of the molecule is CC/C=C(/C)c1ccc(C#CC2=CCCC(F)=C2)cc1. The Bertz CT molecular complexity index is 616. The van der Waals surface area contributed by atoms with Crippen molar-refractivity contribution in [2.75, 3.05) is 0 Å². The molecular weight excluding hydrogens is 247 g/mol. The van der Waals surface area contributed by atoms with Gasteiger partial charge < -0.3 is 0 Å². The topological polar surface area (TPSA) is 0 Å². The Balaban J connectivity index is 2.13. The zero-order chi connectivity index (χ0) is 14.4. The molecule has 0 fully saturated rings. The van der Waals surface area contributed by atoms with Crippen LogP contribution in [0.5, 0.6) is 0 Å². The maximum absolute atomic E-state index is 13.1. The summed E-state index contributed by atoms with van der Waals surface area (Å²) < 4.78 is 13.1. The third kappa shape index (κ3) is 3.96. The fourth-order valence-corrected chi connectivity index (χ4v) is 2.14. The fourth-order valence-electron chi connectivity index (χ4n) is 2.14. The second-order valence-corrected chi connectivity index (χ2v) is 4.91. The van der Waals surface area contributed by atoms with Crippen molar-refractivity contribution in [1.82, 2.24) is 0 Å². The molecule has 0 spiro atoms. The van der Waals surface area contributed by atoms with Crippen molar-refractivity contribution in [1.29, 1.82) is 0 Å². The minimum absolute atomic E-state index is 0.0764. The highest BCUT2D eigenvalue weighted by atomic mass is 19.1. The van der Waals surface area contributed by atoms with Gasteiger partial charge in [0.2, 0.25) is 0 Å². The monoisotopic (exact) mass is 266 g/mol. The highest BCUT2D eigenvalue weighted by molar-refractivity contribution is 5.64. The first kappa shape index (κ1) is 14.3. The average Bonchev–Trinajstić information content (AvgIpc) is 2.46. The van der Waals surface area contributed by atoms with Crippen LogP contribution in [0.3, 0.4) is 0 Å². The molecule has 1 aromatic carbocycles. The Hall–Kier alpha value is -2.07. The van der Waals surface area contributed by atoms with Crippen molar-refractivity contribution in [3.63, 3.8) is 0 Å². The van der Waals surface area contributed by atoms with E-state index >= 15 is 0 Å². The van der Waals surface area contributed by atoms with Crippen LogP contribution < -0.4 is 0 Å². The summed E-state index contributed by atoms with van der Waals surface area (Å²) >= 11 is 0. The molecule has 0 saturated carbocycles. The first-order valence-corrected chi connectivity index (χ1v) is 7.04. The van der Waals surface area contributed by atoms with E-state index < -0.39 is 0 Å². The first-order chi connectivity index (χ1) is 9.69. The van der Waals surface area contributed by atoms with Gasteiger partial charge in [0.05, 0.1) is 0 Å². The van der Waals surface area contributed by atoms with Gasteiger partial charge >= 0.3 is 0 Å². The average molecular weight is 266 g/mol. The van der Waals surface area contributed by atoms with Crippen LogP contribution in [0.4, 0.5) is 4.39 Å².